The van der Waals surface area contributed by atoms with E-state index in [1.165, 1.54) is 6.20 Å². The summed E-state index contributed by atoms with van der Waals surface area (Å²) in [6.45, 7) is 1.15. The SMILES string of the molecule is O=C(NC[C@@H]1CCOc2ccccc2C1)c1cnc(C2CC2)[nH]c1=O. The molecule has 0 radical (unpaired) electrons. The Labute approximate surface area is 145 Å². The van der Waals surface area contributed by atoms with Crippen LogP contribution in [0.3, 0.4) is 0 Å². The number of H-pyrrole nitrogens is 1. The van der Waals surface area contributed by atoms with Gasteiger partial charge in [0.25, 0.3) is 11.5 Å². The van der Waals surface area contributed by atoms with Gasteiger partial charge in [0, 0.05) is 18.7 Å². The Balaban J connectivity index is 1.39. The molecule has 0 saturated heterocycles. The van der Waals surface area contributed by atoms with Gasteiger partial charge in [0.2, 0.25) is 0 Å². The molecule has 130 valence electrons. The molecule has 6 heteroatoms. The van der Waals surface area contributed by atoms with Gasteiger partial charge in [-0.1, -0.05) is 18.2 Å². The Kier molecular flexibility index (Phi) is 4.26. The molecule has 0 unspecified atom stereocenters. The summed E-state index contributed by atoms with van der Waals surface area (Å²) in [7, 11) is 0. The zero-order chi connectivity index (χ0) is 17.2. The second-order valence-corrected chi connectivity index (χ2v) is 6.81. The van der Waals surface area contributed by atoms with Gasteiger partial charge in [0.1, 0.15) is 17.1 Å². The third-order valence-corrected chi connectivity index (χ3v) is 4.84. The average Bonchev–Trinajstić information content (AvgIpc) is 3.46. The molecule has 25 heavy (non-hydrogen) atoms. The number of fused-ring (bicyclic) bond motifs is 1. The van der Waals surface area contributed by atoms with Gasteiger partial charge in [-0.3, -0.25) is 9.59 Å². The fraction of sp³-hybridized carbons (Fsp3) is 0.421. The first-order chi connectivity index (χ1) is 12.2. The quantitative estimate of drug-likeness (QED) is 0.892. The van der Waals surface area contributed by atoms with Crippen molar-refractivity contribution in [3.8, 4) is 5.75 Å². The van der Waals surface area contributed by atoms with Crippen LogP contribution in [0.15, 0.2) is 35.3 Å². The topological polar surface area (TPSA) is 84.1 Å². The number of nitrogens with zero attached hydrogens (tertiary/aromatic N) is 1. The van der Waals surface area contributed by atoms with E-state index in [0.29, 0.717) is 24.9 Å². The van der Waals surface area contributed by atoms with Crippen molar-refractivity contribution in [1.29, 1.82) is 0 Å². The lowest BCUT2D eigenvalue weighted by molar-refractivity contribution is 0.0943. The van der Waals surface area contributed by atoms with Crippen LogP contribution in [-0.2, 0) is 6.42 Å². The number of nitrogens with one attached hydrogen (secondary N) is 2. The maximum absolute atomic E-state index is 12.3. The van der Waals surface area contributed by atoms with E-state index in [2.05, 4.69) is 21.4 Å². The van der Waals surface area contributed by atoms with Gasteiger partial charge in [-0.15, -0.1) is 0 Å². The zero-order valence-electron chi connectivity index (χ0n) is 14.0. The van der Waals surface area contributed by atoms with E-state index >= 15 is 0 Å². The van der Waals surface area contributed by atoms with Crippen LogP contribution in [0, 0.1) is 5.92 Å². The molecule has 0 bridgehead atoms. The smallest absolute Gasteiger partial charge is 0.263 e. The number of carbonyl (C=O) groups excluding carboxylic acids is 1. The summed E-state index contributed by atoms with van der Waals surface area (Å²) in [6, 6.07) is 7.99. The molecule has 4 rings (SSSR count). The first kappa shape index (κ1) is 15.9. The lowest BCUT2D eigenvalue weighted by Gasteiger charge is -2.14. The summed E-state index contributed by atoms with van der Waals surface area (Å²) in [5, 5.41) is 2.88. The number of para-hydroxylation sites is 1. The van der Waals surface area contributed by atoms with Gasteiger partial charge < -0.3 is 15.0 Å². The van der Waals surface area contributed by atoms with Crippen LogP contribution in [0.4, 0.5) is 0 Å². The first-order valence-corrected chi connectivity index (χ1v) is 8.79. The third kappa shape index (κ3) is 3.57. The number of benzene rings is 1. The van der Waals surface area contributed by atoms with Crippen LogP contribution in [0.5, 0.6) is 5.75 Å². The van der Waals surface area contributed by atoms with Crippen LogP contribution in [0.1, 0.15) is 46.9 Å². The van der Waals surface area contributed by atoms with Crippen LogP contribution in [0.25, 0.3) is 0 Å². The van der Waals surface area contributed by atoms with E-state index in [9.17, 15) is 9.59 Å². The molecule has 1 fully saturated rings. The summed E-state index contributed by atoms with van der Waals surface area (Å²) in [5.74, 6) is 1.89. The number of amides is 1. The predicted octanol–water partition coefficient (Wildman–Crippen LogP) is 2.02. The summed E-state index contributed by atoms with van der Waals surface area (Å²) < 4.78 is 5.75. The molecular formula is C19H21N3O3. The van der Waals surface area contributed by atoms with Crippen molar-refractivity contribution >= 4 is 5.91 Å². The van der Waals surface area contributed by atoms with Gasteiger partial charge in [-0.2, -0.15) is 0 Å². The van der Waals surface area contributed by atoms with Crippen molar-refractivity contribution in [2.24, 2.45) is 5.92 Å². The minimum atomic E-state index is -0.366. The normalized spacial score (nSPS) is 19.4. The Morgan fingerprint density at radius 1 is 1.28 bits per heavy atom. The fourth-order valence-corrected chi connectivity index (χ4v) is 3.20. The average molecular weight is 339 g/mol. The number of ether oxygens (including phenoxy) is 1. The molecule has 1 aromatic heterocycles. The molecule has 6 nitrogen and oxygen atoms in total. The van der Waals surface area contributed by atoms with E-state index in [0.717, 1.165) is 37.0 Å². The highest BCUT2D eigenvalue weighted by atomic mass is 16.5. The highest BCUT2D eigenvalue weighted by Crippen LogP contribution is 2.37. The molecule has 1 aliphatic carbocycles. The summed E-state index contributed by atoms with van der Waals surface area (Å²) in [5.41, 5.74) is 0.881. The van der Waals surface area contributed by atoms with E-state index < -0.39 is 0 Å². The third-order valence-electron chi connectivity index (χ3n) is 4.84. The molecule has 1 aromatic carbocycles. The van der Waals surface area contributed by atoms with Crippen molar-refractivity contribution in [1.82, 2.24) is 15.3 Å². The number of hydrogen-bond donors (Lipinski definition) is 2. The minimum Gasteiger partial charge on any atom is -0.493 e. The maximum atomic E-state index is 12.3. The lowest BCUT2D eigenvalue weighted by Crippen LogP contribution is -2.34. The Morgan fingerprint density at radius 3 is 2.92 bits per heavy atom. The molecule has 0 spiro atoms. The molecule has 1 saturated carbocycles. The van der Waals surface area contributed by atoms with Gasteiger partial charge >= 0.3 is 0 Å². The number of aromatic nitrogens is 2. The van der Waals surface area contributed by atoms with Crippen LogP contribution >= 0.6 is 0 Å². The van der Waals surface area contributed by atoms with Crippen molar-refractivity contribution in [2.75, 3.05) is 13.2 Å². The predicted molar refractivity (Wildman–Crippen MR) is 92.9 cm³/mol. The molecule has 2 N–H and O–H groups in total. The molecule has 1 atom stereocenters. The van der Waals surface area contributed by atoms with Crippen molar-refractivity contribution in [3.63, 3.8) is 0 Å². The van der Waals surface area contributed by atoms with Gasteiger partial charge in [0.15, 0.2) is 0 Å². The van der Waals surface area contributed by atoms with Crippen LogP contribution in [0.2, 0.25) is 0 Å². The maximum Gasteiger partial charge on any atom is 0.263 e. The summed E-state index contributed by atoms with van der Waals surface area (Å²) in [4.78, 5) is 31.4. The number of aromatic amines is 1. The summed E-state index contributed by atoms with van der Waals surface area (Å²) >= 11 is 0. The second kappa shape index (κ2) is 6.70. The summed E-state index contributed by atoms with van der Waals surface area (Å²) in [6.07, 6.45) is 5.22. The van der Waals surface area contributed by atoms with Crippen LogP contribution < -0.4 is 15.6 Å². The lowest BCUT2D eigenvalue weighted by atomic mass is 9.97. The van der Waals surface area contributed by atoms with Gasteiger partial charge in [-0.05, 0) is 43.2 Å². The number of carbonyl (C=O) groups is 1. The monoisotopic (exact) mass is 339 g/mol. The molecule has 1 amide bonds. The van der Waals surface area contributed by atoms with Crippen molar-refractivity contribution in [3.05, 3.63) is 57.8 Å². The Hall–Kier alpha value is -2.63. The van der Waals surface area contributed by atoms with E-state index in [1.807, 2.05) is 18.2 Å². The Morgan fingerprint density at radius 2 is 2.12 bits per heavy atom. The van der Waals surface area contributed by atoms with Gasteiger partial charge in [-0.25, -0.2) is 4.98 Å². The highest BCUT2D eigenvalue weighted by Gasteiger charge is 2.27. The highest BCUT2D eigenvalue weighted by molar-refractivity contribution is 5.93. The molecule has 2 aromatic rings. The first-order valence-electron chi connectivity index (χ1n) is 8.79. The van der Waals surface area contributed by atoms with E-state index in [4.69, 9.17) is 4.74 Å². The largest absolute Gasteiger partial charge is 0.493 e. The molecule has 1 aliphatic heterocycles. The number of hydrogen-bond acceptors (Lipinski definition) is 4. The van der Waals surface area contributed by atoms with Crippen LogP contribution in [-0.4, -0.2) is 29.0 Å². The van der Waals surface area contributed by atoms with Gasteiger partial charge in [0.05, 0.1) is 6.61 Å². The second-order valence-electron chi connectivity index (χ2n) is 6.81. The molecular weight excluding hydrogens is 318 g/mol. The van der Waals surface area contributed by atoms with E-state index in [1.54, 1.807) is 0 Å². The van der Waals surface area contributed by atoms with Crippen molar-refractivity contribution in [2.45, 2.75) is 31.6 Å². The number of rotatable bonds is 4. The Bertz CT molecular complexity index is 842. The van der Waals surface area contributed by atoms with E-state index in [-0.39, 0.29) is 22.9 Å². The minimum absolute atomic E-state index is 0.0784. The molecule has 2 aliphatic rings. The zero-order valence-corrected chi connectivity index (χ0v) is 14.0. The molecule has 2 heterocycles. The van der Waals surface area contributed by atoms with Crippen molar-refractivity contribution < 1.29 is 9.53 Å². The standard InChI is InChI=1S/C19H21N3O3/c23-18(15-11-20-17(13-5-6-13)22-19(15)24)21-10-12-7-8-25-16-4-2-1-3-14(16)9-12/h1-4,11-13H,5-10H2,(H,21,23)(H,20,22,24)/t12-/m1/s1. The fourth-order valence-electron chi connectivity index (χ4n) is 3.20.